The van der Waals surface area contributed by atoms with Crippen LogP contribution in [0, 0.1) is 10.1 Å². The van der Waals surface area contributed by atoms with Gasteiger partial charge >= 0.3 is 0 Å². The molecule has 31 heavy (non-hydrogen) atoms. The maximum atomic E-state index is 13.0. The van der Waals surface area contributed by atoms with Gasteiger partial charge in [-0.25, -0.2) is 8.42 Å². The van der Waals surface area contributed by atoms with Gasteiger partial charge in [-0.1, -0.05) is 26.0 Å². The first kappa shape index (κ1) is 24.1. The number of rotatable bonds is 11. The van der Waals surface area contributed by atoms with Crippen molar-refractivity contribution in [1.82, 2.24) is 4.31 Å². The molecule has 0 spiro atoms. The van der Waals surface area contributed by atoms with Gasteiger partial charge in [0.25, 0.3) is 5.69 Å². The zero-order valence-electron chi connectivity index (χ0n) is 17.6. The molecule has 0 radical (unpaired) electrons. The number of carbonyl (C=O) groups excluding carboxylic acids is 1. The van der Waals surface area contributed by atoms with Crippen molar-refractivity contribution < 1.29 is 22.9 Å². The number of sulfonamides is 1. The Hall–Kier alpha value is -3.18. The Balaban J connectivity index is 2.22. The number of nitrogens with one attached hydrogen (secondary N) is 2. The van der Waals surface area contributed by atoms with Gasteiger partial charge in [-0.2, -0.15) is 4.31 Å². The molecule has 0 aliphatic rings. The van der Waals surface area contributed by atoms with Crippen LogP contribution in [0.15, 0.2) is 47.4 Å². The summed E-state index contributed by atoms with van der Waals surface area (Å²) in [5, 5.41) is 16.4. The molecule has 0 atom stereocenters. The summed E-state index contributed by atoms with van der Waals surface area (Å²) in [5.74, 6) is -0.293. The number of hydrogen-bond donors (Lipinski definition) is 2. The second-order valence-electron chi connectivity index (χ2n) is 6.36. The standard InChI is InChI=1S/C20H26N4O6S/c1-4-23(5-2)31(28,29)19-13-15(11-12-18(19)30-6-3)22-20(25)14-21-16-9-7-8-10-17(16)24(26)27/h7-13,21H,4-6,14H2,1-3H3,(H,22,25). The number of benzene rings is 2. The fourth-order valence-electron chi connectivity index (χ4n) is 2.93. The molecule has 0 saturated carbocycles. The molecule has 2 aromatic rings. The molecule has 11 heteroatoms. The second kappa shape index (κ2) is 10.7. The lowest BCUT2D eigenvalue weighted by Gasteiger charge is -2.21. The highest BCUT2D eigenvalue weighted by Gasteiger charge is 2.26. The van der Waals surface area contributed by atoms with E-state index in [2.05, 4.69) is 10.6 Å². The monoisotopic (exact) mass is 450 g/mol. The Morgan fingerprint density at radius 2 is 1.81 bits per heavy atom. The van der Waals surface area contributed by atoms with E-state index < -0.39 is 20.9 Å². The van der Waals surface area contributed by atoms with Crippen LogP contribution in [0.2, 0.25) is 0 Å². The van der Waals surface area contributed by atoms with Crippen molar-refractivity contribution in [3.63, 3.8) is 0 Å². The number of para-hydroxylation sites is 2. The van der Waals surface area contributed by atoms with E-state index in [9.17, 15) is 23.3 Å². The van der Waals surface area contributed by atoms with Crippen LogP contribution >= 0.6 is 0 Å². The van der Waals surface area contributed by atoms with Crippen LogP contribution in [-0.2, 0) is 14.8 Å². The first-order valence-electron chi connectivity index (χ1n) is 9.78. The predicted molar refractivity (Wildman–Crippen MR) is 118 cm³/mol. The van der Waals surface area contributed by atoms with E-state index in [-0.39, 0.29) is 40.9 Å². The van der Waals surface area contributed by atoms with Crippen LogP contribution < -0.4 is 15.4 Å². The number of nitrogens with zero attached hydrogens (tertiary/aromatic N) is 2. The topological polar surface area (TPSA) is 131 Å². The maximum Gasteiger partial charge on any atom is 0.292 e. The van der Waals surface area contributed by atoms with Crippen molar-refractivity contribution in [1.29, 1.82) is 0 Å². The van der Waals surface area contributed by atoms with Gasteiger partial charge < -0.3 is 15.4 Å². The van der Waals surface area contributed by atoms with Gasteiger partial charge in [0.1, 0.15) is 16.3 Å². The van der Waals surface area contributed by atoms with E-state index in [0.29, 0.717) is 13.1 Å². The zero-order valence-corrected chi connectivity index (χ0v) is 18.4. The molecule has 2 aromatic carbocycles. The number of anilines is 2. The van der Waals surface area contributed by atoms with Crippen molar-refractivity contribution in [2.75, 3.05) is 36.9 Å². The van der Waals surface area contributed by atoms with Crippen LogP contribution in [0.25, 0.3) is 0 Å². The molecule has 0 fully saturated rings. The molecule has 0 aromatic heterocycles. The molecule has 0 bridgehead atoms. The third-order valence-corrected chi connectivity index (χ3v) is 6.46. The number of hydrogen-bond acceptors (Lipinski definition) is 7. The number of nitro benzene ring substituents is 1. The third kappa shape index (κ3) is 5.92. The Morgan fingerprint density at radius 3 is 2.42 bits per heavy atom. The quantitative estimate of drug-likeness (QED) is 0.397. The van der Waals surface area contributed by atoms with Gasteiger partial charge in [0.05, 0.1) is 18.1 Å². The van der Waals surface area contributed by atoms with E-state index in [1.807, 2.05) is 0 Å². The van der Waals surface area contributed by atoms with Crippen LogP contribution in [0.1, 0.15) is 20.8 Å². The van der Waals surface area contributed by atoms with Crippen molar-refractivity contribution in [2.45, 2.75) is 25.7 Å². The van der Waals surface area contributed by atoms with Crippen LogP contribution in [0.4, 0.5) is 17.1 Å². The van der Waals surface area contributed by atoms with Gasteiger partial charge in [0.15, 0.2) is 0 Å². The fourth-order valence-corrected chi connectivity index (χ4v) is 4.54. The third-order valence-electron chi connectivity index (χ3n) is 4.39. The zero-order chi connectivity index (χ0) is 23.0. The fraction of sp³-hybridized carbons (Fsp3) is 0.350. The molecule has 1 amide bonds. The maximum absolute atomic E-state index is 13.0. The van der Waals surface area contributed by atoms with Crippen LogP contribution in [0.5, 0.6) is 5.75 Å². The van der Waals surface area contributed by atoms with Gasteiger partial charge in [-0.15, -0.1) is 0 Å². The molecule has 10 nitrogen and oxygen atoms in total. The molecule has 0 aliphatic heterocycles. The Morgan fingerprint density at radius 1 is 1.13 bits per heavy atom. The minimum Gasteiger partial charge on any atom is -0.492 e. The predicted octanol–water partition coefficient (Wildman–Crippen LogP) is 3.07. The molecule has 168 valence electrons. The summed E-state index contributed by atoms with van der Waals surface area (Å²) in [6, 6.07) is 10.3. The smallest absolute Gasteiger partial charge is 0.292 e. The highest BCUT2D eigenvalue weighted by atomic mass is 32.2. The molecular formula is C20H26N4O6S. The highest BCUT2D eigenvalue weighted by molar-refractivity contribution is 7.89. The van der Waals surface area contributed by atoms with Crippen molar-refractivity contribution in [3.05, 3.63) is 52.6 Å². The molecule has 0 saturated heterocycles. The summed E-state index contributed by atoms with van der Waals surface area (Å²) in [6.07, 6.45) is 0. The van der Waals surface area contributed by atoms with Gasteiger partial charge in [-0.3, -0.25) is 14.9 Å². The van der Waals surface area contributed by atoms with Gasteiger partial charge in [0, 0.05) is 24.8 Å². The van der Waals surface area contributed by atoms with Crippen molar-refractivity contribution >= 4 is 33.0 Å². The molecule has 0 unspecified atom stereocenters. The van der Waals surface area contributed by atoms with Crippen LogP contribution in [-0.4, -0.2) is 49.8 Å². The van der Waals surface area contributed by atoms with E-state index in [1.54, 1.807) is 26.8 Å². The average molecular weight is 451 g/mol. The minimum atomic E-state index is -3.82. The summed E-state index contributed by atoms with van der Waals surface area (Å²) in [6.45, 7) is 5.85. The molecular weight excluding hydrogens is 424 g/mol. The summed E-state index contributed by atoms with van der Waals surface area (Å²) in [7, 11) is -3.82. The Kier molecular flexibility index (Phi) is 8.34. The summed E-state index contributed by atoms with van der Waals surface area (Å²) < 4.78 is 32.8. The van der Waals surface area contributed by atoms with E-state index >= 15 is 0 Å². The normalized spacial score (nSPS) is 11.2. The minimum absolute atomic E-state index is 0.0393. The van der Waals surface area contributed by atoms with E-state index in [0.717, 1.165) is 0 Å². The summed E-state index contributed by atoms with van der Waals surface area (Å²) in [4.78, 5) is 22.8. The second-order valence-corrected chi connectivity index (χ2v) is 8.27. The lowest BCUT2D eigenvalue weighted by Crippen LogP contribution is -2.31. The molecule has 2 rings (SSSR count). The number of amides is 1. The van der Waals surface area contributed by atoms with Gasteiger partial charge in [-0.05, 0) is 31.2 Å². The highest BCUT2D eigenvalue weighted by Crippen LogP contribution is 2.30. The lowest BCUT2D eigenvalue weighted by molar-refractivity contribution is -0.383. The first-order valence-corrected chi connectivity index (χ1v) is 11.2. The van der Waals surface area contributed by atoms with Crippen molar-refractivity contribution in [2.24, 2.45) is 0 Å². The van der Waals surface area contributed by atoms with Crippen molar-refractivity contribution in [3.8, 4) is 5.75 Å². The van der Waals surface area contributed by atoms with Gasteiger partial charge in [0.2, 0.25) is 15.9 Å². The van der Waals surface area contributed by atoms with E-state index in [1.165, 1.54) is 40.7 Å². The Labute approximate surface area is 181 Å². The SMILES string of the molecule is CCOc1ccc(NC(=O)CNc2ccccc2[N+](=O)[O-])cc1S(=O)(=O)N(CC)CC. The number of ether oxygens (including phenoxy) is 1. The van der Waals surface area contributed by atoms with E-state index in [4.69, 9.17) is 4.74 Å². The number of nitro groups is 1. The first-order chi connectivity index (χ1) is 14.7. The molecule has 2 N–H and O–H groups in total. The average Bonchev–Trinajstić information content (AvgIpc) is 2.74. The van der Waals surface area contributed by atoms with Crippen LogP contribution in [0.3, 0.4) is 0 Å². The molecule has 0 heterocycles. The largest absolute Gasteiger partial charge is 0.492 e. The summed E-state index contributed by atoms with van der Waals surface area (Å²) in [5.41, 5.74) is 0.326. The Bertz CT molecular complexity index is 1040. The number of carbonyl (C=O) groups is 1. The lowest BCUT2D eigenvalue weighted by atomic mass is 10.2. The summed E-state index contributed by atoms with van der Waals surface area (Å²) >= 11 is 0. The molecule has 0 aliphatic carbocycles.